The molecule has 7 nitrogen and oxygen atoms in total. The monoisotopic (exact) mass is 505 g/mol. The summed E-state index contributed by atoms with van der Waals surface area (Å²) in [5.74, 6) is -2.12. The van der Waals surface area contributed by atoms with Crippen LogP contribution in [0.1, 0.15) is 52.1 Å². The largest absolute Gasteiger partial charge is 0.476 e. The number of alkyl halides is 3. The number of ketones is 1. The van der Waals surface area contributed by atoms with Crippen molar-refractivity contribution in [1.29, 1.82) is 0 Å². The summed E-state index contributed by atoms with van der Waals surface area (Å²) in [6.07, 6.45) is -1.81. The molecule has 1 heterocycles. The first-order chi connectivity index (χ1) is 14.1. The maximum absolute atomic E-state index is 13.1. The molecule has 2 aromatic rings. The predicted molar refractivity (Wildman–Crippen MR) is 107 cm³/mol. The molecule has 2 amide bonds. The van der Waals surface area contributed by atoms with Crippen molar-refractivity contribution in [2.24, 2.45) is 5.92 Å². The van der Waals surface area contributed by atoms with E-state index in [4.69, 9.17) is 5.11 Å². The number of hydrogen-bond donors (Lipinski definition) is 3. The van der Waals surface area contributed by atoms with Crippen molar-refractivity contribution < 1.29 is 32.7 Å². The van der Waals surface area contributed by atoms with E-state index in [1.165, 1.54) is 0 Å². The zero-order valence-electron chi connectivity index (χ0n) is 15.2. The molecule has 1 saturated carbocycles. The maximum Gasteiger partial charge on any atom is 0.416 e. The number of carboxylic acid groups (broad SMARTS) is 1. The van der Waals surface area contributed by atoms with Crippen molar-refractivity contribution in [1.82, 2.24) is 4.98 Å². The third kappa shape index (κ3) is 4.98. The number of hydrogen-bond acceptors (Lipinski definition) is 5. The number of urea groups is 1. The van der Waals surface area contributed by atoms with Gasteiger partial charge in [-0.25, -0.2) is 14.6 Å². The number of carboxylic acids is 1. The van der Waals surface area contributed by atoms with Crippen LogP contribution >= 0.6 is 27.3 Å². The van der Waals surface area contributed by atoms with Gasteiger partial charge in [-0.2, -0.15) is 13.2 Å². The predicted octanol–water partition coefficient (Wildman–Crippen LogP) is 5.64. The first kappa shape index (κ1) is 22.2. The minimum Gasteiger partial charge on any atom is -0.476 e. The van der Waals surface area contributed by atoms with Gasteiger partial charge in [-0.05, 0) is 47.0 Å². The Morgan fingerprint density at radius 3 is 2.40 bits per heavy atom. The van der Waals surface area contributed by atoms with E-state index in [0.29, 0.717) is 12.8 Å². The molecule has 1 aliphatic carbocycles. The highest BCUT2D eigenvalue weighted by Gasteiger charge is 2.33. The highest BCUT2D eigenvalue weighted by molar-refractivity contribution is 9.11. The third-order valence-corrected chi connectivity index (χ3v) is 6.22. The summed E-state index contributed by atoms with van der Waals surface area (Å²) in [4.78, 5) is 39.9. The van der Waals surface area contributed by atoms with E-state index in [1.54, 1.807) is 0 Å². The smallest absolute Gasteiger partial charge is 0.416 e. The van der Waals surface area contributed by atoms with Crippen molar-refractivity contribution in [2.45, 2.75) is 31.9 Å². The maximum atomic E-state index is 13.1. The molecule has 3 N–H and O–H groups in total. The molecule has 0 atom stereocenters. The molecular weight excluding hydrogens is 491 g/mol. The highest BCUT2D eigenvalue weighted by atomic mass is 79.9. The second-order valence-electron chi connectivity index (χ2n) is 6.63. The van der Waals surface area contributed by atoms with Gasteiger partial charge >= 0.3 is 18.2 Å². The van der Waals surface area contributed by atoms with Crippen LogP contribution < -0.4 is 10.6 Å². The van der Waals surface area contributed by atoms with Crippen LogP contribution in [-0.4, -0.2) is 27.9 Å². The van der Waals surface area contributed by atoms with Gasteiger partial charge in [0.25, 0.3) is 0 Å². The first-order valence-electron chi connectivity index (χ1n) is 8.79. The first-order valence-corrected chi connectivity index (χ1v) is 10.4. The lowest BCUT2D eigenvalue weighted by Gasteiger charge is -2.16. The van der Waals surface area contributed by atoms with Gasteiger partial charge in [0.05, 0.1) is 11.3 Å². The van der Waals surface area contributed by atoms with Crippen LogP contribution in [0, 0.1) is 5.92 Å². The van der Waals surface area contributed by atoms with Crippen LogP contribution in [0.25, 0.3) is 0 Å². The van der Waals surface area contributed by atoms with E-state index < -0.39 is 29.5 Å². The van der Waals surface area contributed by atoms with Crippen LogP contribution in [0.5, 0.6) is 0 Å². The lowest BCUT2D eigenvalue weighted by molar-refractivity contribution is -0.137. The molecule has 0 radical (unpaired) electrons. The molecule has 0 saturated heterocycles. The second-order valence-corrected chi connectivity index (χ2v) is 8.95. The number of aromatic nitrogens is 1. The van der Waals surface area contributed by atoms with E-state index in [2.05, 4.69) is 31.5 Å². The molecule has 0 spiro atoms. The van der Waals surface area contributed by atoms with Crippen molar-refractivity contribution in [2.75, 3.05) is 10.6 Å². The molecule has 0 unspecified atom stereocenters. The molecule has 3 rings (SSSR count). The van der Waals surface area contributed by atoms with Crippen LogP contribution in [0.2, 0.25) is 0 Å². The van der Waals surface area contributed by atoms with Crippen molar-refractivity contribution >= 4 is 55.9 Å². The van der Waals surface area contributed by atoms with Crippen LogP contribution in [0.15, 0.2) is 22.0 Å². The van der Waals surface area contributed by atoms with Gasteiger partial charge in [-0.3, -0.25) is 10.1 Å². The summed E-state index contributed by atoms with van der Waals surface area (Å²) in [5.41, 5.74) is -1.54. The summed E-state index contributed by atoms with van der Waals surface area (Å²) < 4.78 is 39.6. The van der Waals surface area contributed by atoms with Crippen molar-refractivity contribution in [3.05, 3.63) is 38.8 Å². The normalized spacial score (nSPS) is 14.5. The van der Waals surface area contributed by atoms with Crippen molar-refractivity contribution in [3.8, 4) is 0 Å². The minimum absolute atomic E-state index is 0.0349. The number of aromatic carboxylic acids is 1. The van der Waals surface area contributed by atoms with Gasteiger partial charge in [0, 0.05) is 11.5 Å². The van der Waals surface area contributed by atoms with E-state index in [9.17, 15) is 27.6 Å². The summed E-state index contributed by atoms with van der Waals surface area (Å²) >= 11 is 3.88. The molecule has 30 heavy (non-hydrogen) atoms. The Labute approximate surface area is 180 Å². The van der Waals surface area contributed by atoms with E-state index in [1.807, 2.05) is 0 Å². The average molecular weight is 506 g/mol. The van der Waals surface area contributed by atoms with Crippen molar-refractivity contribution in [3.63, 3.8) is 0 Å². The quantitative estimate of drug-likeness (QED) is 0.455. The molecular formula is C18H15BrF3N3O4S. The number of nitrogens with one attached hydrogen (secondary N) is 2. The summed E-state index contributed by atoms with van der Waals surface area (Å²) in [5, 5.41) is 13.6. The Bertz CT molecular complexity index is 1000. The molecule has 0 aliphatic heterocycles. The number of rotatable bonds is 5. The second kappa shape index (κ2) is 8.72. The number of amides is 2. The van der Waals surface area contributed by atoms with Gasteiger partial charge in [-0.1, -0.05) is 24.2 Å². The van der Waals surface area contributed by atoms with Gasteiger partial charge in [0.1, 0.15) is 3.79 Å². The fourth-order valence-electron chi connectivity index (χ4n) is 3.18. The molecule has 1 aromatic heterocycles. The Hall–Kier alpha value is -2.47. The number of halogens is 4. The molecule has 1 aromatic carbocycles. The van der Waals surface area contributed by atoms with Gasteiger partial charge in [0.15, 0.2) is 16.6 Å². The average Bonchev–Trinajstić information content (AvgIpc) is 3.30. The summed E-state index contributed by atoms with van der Waals surface area (Å²) in [6, 6.07) is 1.70. The van der Waals surface area contributed by atoms with Crippen LogP contribution in [0.4, 0.5) is 28.8 Å². The number of nitrogens with zero attached hydrogens (tertiary/aromatic N) is 1. The molecule has 160 valence electrons. The summed E-state index contributed by atoms with van der Waals surface area (Å²) in [6.45, 7) is 0. The molecule has 1 fully saturated rings. The third-order valence-electron chi connectivity index (χ3n) is 4.60. The molecule has 0 bridgehead atoms. The SMILES string of the molecule is O=C(Nc1nc(C(=O)O)c(Br)s1)Nc1ccc(C(F)(F)F)cc1C(=O)C1CCCC1. The Morgan fingerprint density at radius 2 is 1.83 bits per heavy atom. The zero-order chi connectivity index (χ0) is 22.1. The lowest BCUT2D eigenvalue weighted by atomic mass is 9.93. The lowest BCUT2D eigenvalue weighted by Crippen LogP contribution is -2.23. The van der Waals surface area contributed by atoms with Crippen LogP contribution in [0.3, 0.4) is 0 Å². The van der Waals surface area contributed by atoms with E-state index >= 15 is 0 Å². The van der Waals surface area contributed by atoms with Gasteiger partial charge < -0.3 is 10.4 Å². The number of benzene rings is 1. The number of carbonyl (C=O) groups is 3. The number of thiazole rings is 1. The highest BCUT2D eigenvalue weighted by Crippen LogP contribution is 2.35. The topological polar surface area (TPSA) is 108 Å². The van der Waals surface area contributed by atoms with Crippen LogP contribution in [-0.2, 0) is 6.18 Å². The van der Waals surface area contributed by atoms with E-state index in [0.717, 1.165) is 42.4 Å². The standard InChI is InChI=1S/C18H15BrF3N3O4S/c19-14-12(15(27)28)24-17(30-14)25-16(29)23-11-6-5-9(18(20,21)22)7-10(11)13(26)8-3-1-2-4-8/h5-8H,1-4H2,(H,27,28)(H2,23,24,25,29). The number of Topliss-reactive ketones (excluding diaryl/α,β-unsaturated/α-hetero) is 1. The molecule has 1 aliphatic rings. The minimum atomic E-state index is -4.63. The summed E-state index contributed by atoms with van der Waals surface area (Å²) in [7, 11) is 0. The number of carbonyl (C=O) groups excluding carboxylic acids is 2. The van der Waals surface area contributed by atoms with E-state index in [-0.39, 0.29) is 31.8 Å². The number of anilines is 2. The Kier molecular flexibility index (Phi) is 6.46. The Balaban J connectivity index is 1.85. The fraction of sp³-hybridized carbons (Fsp3) is 0.333. The molecule has 12 heteroatoms. The fourth-order valence-corrected chi connectivity index (χ4v) is 4.58. The zero-order valence-corrected chi connectivity index (χ0v) is 17.6. The van der Waals surface area contributed by atoms with Gasteiger partial charge in [0.2, 0.25) is 0 Å². The Morgan fingerprint density at radius 1 is 1.17 bits per heavy atom. The van der Waals surface area contributed by atoms with Gasteiger partial charge in [-0.15, -0.1) is 0 Å².